The Bertz CT molecular complexity index is 1210. The molecule has 0 bridgehead atoms. The van der Waals surface area contributed by atoms with Crippen LogP contribution in [0, 0.1) is 0 Å². The fourth-order valence-corrected chi connectivity index (χ4v) is 4.04. The summed E-state index contributed by atoms with van der Waals surface area (Å²) in [6.45, 7) is -0.0738. The molecule has 0 radical (unpaired) electrons. The van der Waals surface area contributed by atoms with Crippen molar-refractivity contribution in [2.24, 2.45) is 0 Å². The number of benzene rings is 2. The molecule has 1 atom stereocenters. The number of aliphatic hydroxyl groups is 1. The second-order valence-corrected chi connectivity index (χ2v) is 8.19. The lowest BCUT2D eigenvalue weighted by Crippen LogP contribution is -2.32. The van der Waals surface area contributed by atoms with Gasteiger partial charge in [-0.05, 0) is 29.6 Å². The van der Waals surface area contributed by atoms with Gasteiger partial charge in [-0.2, -0.15) is 5.10 Å². The largest absolute Gasteiger partial charge is 0.489 e. The average molecular weight is 447 g/mol. The van der Waals surface area contributed by atoms with E-state index in [1.165, 1.54) is 4.68 Å². The van der Waals surface area contributed by atoms with Gasteiger partial charge in [-0.3, -0.25) is 4.79 Å². The van der Waals surface area contributed by atoms with Crippen molar-refractivity contribution >= 4 is 45.3 Å². The minimum absolute atomic E-state index is 0.0137. The average Bonchev–Trinajstić information content (AvgIpc) is 3.25. The molecule has 29 heavy (non-hydrogen) atoms. The summed E-state index contributed by atoms with van der Waals surface area (Å²) in [5.41, 5.74) is 0.446. The number of nitrogens with zero attached hydrogens (tertiary/aromatic N) is 2. The van der Waals surface area contributed by atoms with Gasteiger partial charge in [0, 0.05) is 16.5 Å². The maximum absolute atomic E-state index is 12.9. The Labute approximate surface area is 180 Å². The smallest absolute Gasteiger partial charge is 0.274 e. The van der Waals surface area contributed by atoms with Crippen molar-refractivity contribution in [1.82, 2.24) is 9.78 Å². The van der Waals surface area contributed by atoms with Gasteiger partial charge in [-0.1, -0.05) is 47.5 Å². The zero-order chi connectivity index (χ0) is 20.4. The fourth-order valence-electron chi connectivity index (χ4n) is 2.98. The van der Waals surface area contributed by atoms with Gasteiger partial charge in [-0.15, -0.1) is 11.3 Å². The van der Waals surface area contributed by atoms with Crippen LogP contribution in [0.5, 0.6) is 5.75 Å². The van der Waals surface area contributed by atoms with Gasteiger partial charge in [0.25, 0.3) is 5.56 Å². The van der Waals surface area contributed by atoms with E-state index in [0.717, 1.165) is 10.3 Å². The third kappa shape index (κ3) is 4.31. The molecule has 0 fully saturated rings. The van der Waals surface area contributed by atoms with Gasteiger partial charge in [0.2, 0.25) is 0 Å². The molecule has 0 aliphatic carbocycles. The van der Waals surface area contributed by atoms with Crippen LogP contribution in [0.25, 0.3) is 21.3 Å². The summed E-state index contributed by atoms with van der Waals surface area (Å²) in [5, 5.41) is 19.1. The highest BCUT2D eigenvalue weighted by atomic mass is 35.5. The van der Waals surface area contributed by atoms with Crippen molar-refractivity contribution in [1.29, 1.82) is 0 Å². The highest BCUT2D eigenvalue weighted by Gasteiger charge is 2.16. The molecule has 0 spiro atoms. The topological polar surface area (TPSA) is 64.4 Å². The molecule has 148 valence electrons. The van der Waals surface area contributed by atoms with Gasteiger partial charge in [0.1, 0.15) is 24.2 Å². The molecule has 2 aromatic carbocycles. The molecule has 8 heteroatoms. The minimum Gasteiger partial charge on any atom is -0.489 e. The van der Waals surface area contributed by atoms with Crippen LogP contribution < -0.4 is 10.3 Å². The van der Waals surface area contributed by atoms with Crippen LogP contribution >= 0.6 is 34.5 Å². The first kappa shape index (κ1) is 19.9. The van der Waals surface area contributed by atoms with Crippen molar-refractivity contribution in [3.05, 3.63) is 80.4 Å². The number of halogens is 2. The Morgan fingerprint density at radius 1 is 1.10 bits per heavy atom. The molecule has 2 heterocycles. The zero-order valence-electron chi connectivity index (χ0n) is 15.1. The third-order valence-electron chi connectivity index (χ3n) is 4.33. The summed E-state index contributed by atoms with van der Waals surface area (Å²) < 4.78 is 6.86. The van der Waals surface area contributed by atoms with Crippen LogP contribution in [-0.2, 0) is 6.54 Å². The summed E-state index contributed by atoms with van der Waals surface area (Å²) in [6.07, 6.45) is -0.965. The van der Waals surface area contributed by atoms with Crippen molar-refractivity contribution in [2.75, 3.05) is 6.61 Å². The van der Waals surface area contributed by atoms with E-state index in [1.807, 2.05) is 35.7 Å². The molecule has 1 N–H and O–H groups in total. The predicted octanol–water partition coefficient (Wildman–Crippen LogP) is 4.87. The SMILES string of the molecule is O=c1c2ccccc2c(-c2cccs2)nn1CC(O)COc1cc(Cl)ccc1Cl. The number of hydrogen-bond acceptors (Lipinski definition) is 5. The van der Waals surface area contributed by atoms with E-state index in [0.29, 0.717) is 26.9 Å². The molecular weight excluding hydrogens is 431 g/mol. The second-order valence-electron chi connectivity index (χ2n) is 6.40. The van der Waals surface area contributed by atoms with Gasteiger partial charge in [-0.25, -0.2) is 4.68 Å². The molecule has 0 aliphatic heterocycles. The molecular formula is C21H16Cl2N2O3S. The maximum Gasteiger partial charge on any atom is 0.274 e. The first-order valence-electron chi connectivity index (χ1n) is 8.82. The lowest BCUT2D eigenvalue weighted by Gasteiger charge is -2.15. The van der Waals surface area contributed by atoms with Crippen molar-refractivity contribution < 1.29 is 9.84 Å². The van der Waals surface area contributed by atoms with Gasteiger partial charge < -0.3 is 9.84 Å². The molecule has 1 unspecified atom stereocenters. The van der Waals surface area contributed by atoms with E-state index >= 15 is 0 Å². The van der Waals surface area contributed by atoms with Crippen molar-refractivity contribution in [3.8, 4) is 16.3 Å². The van der Waals surface area contributed by atoms with E-state index in [1.54, 1.807) is 35.6 Å². The highest BCUT2D eigenvalue weighted by Crippen LogP contribution is 2.29. The molecule has 0 aliphatic rings. The summed E-state index contributed by atoms with van der Waals surface area (Å²) in [4.78, 5) is 13.8. The monoisotopic (exact) mass is 446 g/mol. The molecule has 0 saturated carbocycles. The Hall–Kier alpha value is -2.38. The zero-order valence-corrected chi connectivity index (χ0v) is 17.4. The van der Waals surface area contributed by atoms with Crippen molar-refractivity contribution in [3.63, 3.8) is 0 Å². The Kier molecular flexibility index (Phi) is 5.87. The first-order chi connectivity index (χ1) is 14.0. The summed E-state index contributed by atoms with van der Waals surface area (Å²) in [5.74, 6) is 0.372. The molecule has 0 amide bonds. The van der Waals surface area contributed by atoms with E-state index in [2.05, 4.69) is 5.10 Å². The quantitative estimate of drug-likeness (QED) is 0.458. The highest BCUT2D eigenvalue weighted by molar-refractivity contribution is 7.13. The van der Waals surface area contributed by atoms with Gasteiger partial charge >= 0.3 is 0 Å². The number of fused-ring (bicyclic) bond motifs is 1. The normalized spacial score (nSPS) is 12.2. The van der Waals surface area contributed by atoms with E-state index < -0.39 is 6.10 Å². The van der Waals surface area contributed by atoms with Crippen LogP contribution in [0.2, 0.25) is 10.0 Å². The fraction of sp³-hybridized carbons (Fsp3) is 0.143. The number of ether oxygens (including phenoxy) is 1. The molecule has 4 rings (SSSR count). The summed E-state index contributed by atoms with van der Waals surface area (Å²) >= 11 is 13.6. The van der Waals surface area contributed by atoms with Crippen LogP contribution in [0.1, 0.15) is 0 Å². The minimum atomic E-state index is -0.965. The van der Waals surface area contributed by atoms with Gasteiger partial charge in [0.15, 0.2) is 0 Å². The first-order valence-corrected chi connectivity index (χ1v) is 10.5. The van der Waals surface area contributed by atoms with E-state index in [4.69, 9.17) is 27.9 Å². The van der Waals surface area contributed by atoms with Gasteiger partial charge in [0.05, 0.1) is 21.8 Å². The standard InChI is InChI=1S/C21H16Cl2N2O3S/c22-13-7-8-17(23)18(10-13)28-12-14(26)11-25-21(27)16-5-2-1-4-15(16)20(24-25)19-6-3-9-29-19/h1-10,14,26H,11-12H2. The van der Waals surface area contributed by atoms with Crippen molar-refractivity contribution in [2.45, 2.75) is 12.6 Å². The third-order valence-corrected chi connectivity index (χ3v) is 5.75. The Balaban J connectivity index is 1.61. The molecule has 2 aromatic heterocycles. The van der Waals surface area contributed by atoms with E-state index in [-0.39, 0.29) is 18.7 Å². The number of hydrogen-bond donors (Lipinski definition) is 1. The maximum atomic E-state index is 12.9. The lowest BCUT2D eigenvalue weighted by molar-refractivity contribution is 0.0883. The number of aromatic nitrogens is 2. The second kappa shape index (κ2) is 8.55. The van der Waals surface area contributed by atoms with Crippen LogP contribution in [0.3, 0.4) is 0 Å². The summed E-state index contributed by atoms with van der Waals surface area (Å²) in [7, 11) is 0. The summed E-state index contributed by atoms with van der Waals surface area (Å²) in [6, 6.07) is 16.1. The Morgan fingerprint density at radius 2 is 1.90 bits per heavy atom. The predicted molar refractivity (Wildman–Crippen MR) is 117 cm³/mol. The van der Waals surface area contributed by atoms with E-state index in [9.17, 15) is 9.90 Å². The number of thiophene rings is 1. The molecule has 4 aromatic rings. The molecule has 5 nitrogen and oxygen atoms in total. The lowest BCUT2D eigenvalue weighted by atomic mass is 10.1. The number of rotatable bonds is 6. The molecule has 0 saturated heterocycles. The van der Waals surface area contributed by atoms with Crippen LogP contribution in [0.4, 0.5) is 0 Å². The number of aliphatic hydroxyl groups excluding tert-OH is 1. The van der Waals surface area contributed by atoms with Crippen LogP contribution in [-0.4, -0.2) is 27.6 Å². The van der Waals surface area contributed by atoms with Crippen LogP contribution in [0.15, 0.2) is 64.8 Å². The Morgan fingerprint density at radius 3 is 2.66 bits per heavy atom.